The first-order valence-corrected chi connectivity index (χ1v) is 50.9. The number of phosphoric acid groups is 2. The maximum Gasteiger partial charge on any atom is 1.00 e. The average Bonchev–Trinajstić information content (AvgIpc) is 0.873. The Hall–Kier alpha value is -2.58. The third-order valence-electron chi connectivity index (χ3n) is 21.2. The smallest absolute Gasteiger partial charge is 0.756 e. The van der Waals surface area contributed by atoms with Crippen LogP contribution in [-0.4, -0.2) is 139 Å². The van der Waals surface area contributed by atoms with Crippen LogP contribution in [0.25, 0.3) is 0 Å². The van der Waals surface area contributed by atoms with Gasteiger partial charge in [0.1, 0.15) is 30.5 Å². The zero-order chi connectivity index (χ0) is 87.7. The van der Waals surface area contributed by atoms with Crippen molar-refractivity contribution in [2.45, 2.75) is 419 Å². The molecule has 4 unspecified atom stereocenters. The standard InChI is InChI=1S/C94H173N5O19P2.2Na/c1-7-13-19-25-29-33-35-39-41-47-53-59-89(100)98-83(78-110-72-67-86(57-51-45-23-17-11-5)117-91(102)61-55-49-43-37-31-27-21-15-9-3)80-115-119(106,107)113-75-70-96-93(104)88(77-82-63-65-85(66-64-82)112-74-69-95)94(105)97-71-76-114-120(108,109)116-81-84(99-90(101)60-54-48-42-40-36-34-30-26-20-14-8-2)79-111-73-68-87(58-52-46-24-18-12-6)118-92(103)62-56-50-44-38-32-28-22-16-10-4;;/h37-38,43-44,63-66,83-84,86-88H,7-36,39-42,45-62,67-81,95H2,1-6H3,(H,96,104)(H,97,105)(H,98,100)(H,99,101)(H,106,107)(H,108,109);;/q;2*+1/p-2/b43-37-,44-38-;;/t83?,84?,86-,87-,88?;;/m1../s1. The molecule has 0 radical (unpaired) electrons. The Morgan fingerprint density at radius 1 is 0.377 bits per heavy atom. The second kappa shape index (κ2) is 87.7. The van der Waals surface area contributed by atoms with Gasteiger partial charge in [0.05, 0.1) is 64.9 Å². The monoisotopic (exact) mass is 1780 g/mol. The average molecular weight is 1780 g/mol. The summed E-state index contributed by atoms with van der Waals surface area (Å²) in [5.74, 6) is -3.60. The Balaban J connectivity index is 0. The van der Waals surface area contributed by atoms with Gasteiger partial charge in [-0.25, -0.2) is 0 Å². The van der Waals surface area contributed by atoms with E-state index in [4.69, 9.17) is 47.5 Å². The minimum absolute atomic E-state index is 0. The van der Waals surface area contributed by atoms with Gasteiger partial charge in [-0.1, -0.05) is 296 Å². The number of amides is 4. The SMILES string of the molecule is CCCCCC/C=C\CCCC(=O)O[C@H](CCCCCCC)CCOCC(COP(=O)([O-])OCCNC(=O)C(Cc1ccc(OCCN)cc1)C(=O)NCCOP(=O)([O-])OCC(COCC[C@@H](CCCCCCC)OC(=O)CCC/C=C\CCCCCC)NC(=O)CCCCCCCCCCCCC)NC(=O)CCCCCCCCCCCCC.[Na+].[Na+]. The molecule has 698 valence electrons. The van der Waals surface area contributed by atoms with Crippen molar-refractivity contribution >= 4 is 51.2 Å². The van der Waals surface area contributed by atoms with Gasteiger partial charge in [0, 0.05) is 58.2 Å². The molecule has 1 rings (SSSR count). The van der Waals surface area contributed by atoms with Gasteiger partial charge in [-0.3, -0.25) is 37.9 Å². The summed E-state index contributed by atoms with van der Waals surface area (Å²) < 4.78 is 77.8. The van der Waals surface area contributed by atoms with Crippen LogP contribution in [0.4, 0.5) is 0 Å². The molecule has 0 fully saturated rings. The van der Waals surface area contributed by atoms with Gasteiger partial charge < -0.3 is 78.6 Å². The van der Waals surface area contributed by atoms with E-state index in [1.807, 2.05) is 0 Å². The Morgan fingerprint density at radius 2 is 0.697 bits per heavy atom. The first-order valence-electron chi connectivity index (χ1n) is 47.9. The maximum absolute atomic E-state index is 14.0. The summed E-state index contributed by atoms with van der Waals surface area (Å²) in [5.41, 5.74) is 6.20. The van der Waals surface area contributed by atoms with Crippen molar-refractivity contribution in [3.8, 4) is 5.75 Å². The van der Waals surface area contributed by atoms with Gasteiger partial charge in [0.25, 0.3) is 15.6 Å². The number of benzene rings is 1. The molecule has 0 heterocycles. The molecule has 0 aliphatic rings. The van der Waals surface area contributed by atoms with E-state index in [0.717, 1.165) is 141 Å². The zero-order valence-electron chi connectivity index (χ0n) is 78.1. The number of hydrogen-bond donors (Lipinski definition) is 5. The fourth-order valence-corrected chi connectivity index (χ4v) is 15.5. The minimum atomic E-state index is -5.09. The molecule has 28 heteroatoms. The van der Waals surface area contributed by atoms with E-state index >= 15 is 0 Å². The van der Waals surface area contributed by atoms with E-state index in [0.29, 0.717) is 75.5 Å². The first-order chi connectivity index (χ1) is 58.3. The molecule has 0 aromatic heterocycles. The molecule has 0 bridgehead atoms. The van der Waals surface area contributed by atoms with Crippen molar-refractivity contribution in [1.82, 2.24) is 21.3 Å². The molecule has 0 spiro atoms. The fourth-order valence-electron chi connectivity index (χ4n) is 14.0. The van der Waals surface area contributed by atoms with E-state index < -0.39 is 71.9 Å². The number of carbonyl (C=O) groups excluding carboxylic acids is 6. The van der Waals surface area contributed by atoms with Gasteiger partial charge in [-0.05, 0) is 114 Å². The van der Waals surface area contributed by atoms with Gasteiger partial charge in [0.15, 0.2) is 0 Å². The van der Waals surface area contributed by atoms with E-state index in [2.05, 4.69) is 87.1 Å². The van der Waals surface area contributed by atoms with Crippen LogP contribution in [0.3, 0.4) is 0 Å². The molecule has 6 N–H and O–H groups in total. The number of phosphoric ester groups is 2. The quantitative estimate of drug-likeness (QED) is 0.0101. The molecule has 6 atom stereocenters. The van der Waals surface area contributed by atoms with Crippen LogP contribution in [0.2, 0.25) is 0 Å². The van der Waals surface area contributed by atoms with Crippen LogP contribution in [-0.2, 0) is 81.4 Å². The predicted molar refractivity (Wildman–Crippen MR) is 480 cm³/mol. The summed E-state index contributed by atoms with van der Waals surface area (Å²) >= 11 is 0. The summed E-state index contributed by atoms with van der Waals surface area (Å²) in [4.78, 5) is 108. The normalized spacial score (nSPS) is 13.7. The summed E-state index contributed by atoms with van der Waals surface area (Å²) in [7, 11) is -10.2. The number of hydrogen-bond acceptors (Lipinski definition) is 20. The molecule has 0 aliphatic carbocycles. The van der Waals surface area contributed by atoms with Gasteiger partial charge >= 0.3 is 71.1 Å². The number of ether oxygens (including phenoxy) is 5. The number of esters is 2. The van der Waals surface area contributed by atoms with Crippen molar-refractivity contribution in [2.24, 2.45) is 11.7 Å². The molecule has 1 aromatic rings. The van der Waals surface area contributed by atoms with Crippen LogP contribution in [0.15, 0.2) is 48.6 Å². The molecule has 122 heavy (non-hydrogen) atoms. The summed E-state index contributed by atoms with van der Waals surface area (Å²) in [6.45, 7) is 10.8. The summed E-state index contributed by atoms with van der Waals surface area (Å²) in [5, 5.41) is 11.0. The maximum atomic E-state index is 14.0. The van der Waals surface area contributed by atoms with Crippen molar-refractivity contribution < 1.29 is 149 Å². The molecule has 4 amide bonds. The van der Waals surface area contributed by atoms with Crippen LogP contribution in [0.1, 0.15) is 394 Å². The van der Waals surface area contributed by atoms with Crippen molar-refractivity contribution in [1.29, 1.82) is 0 Å². The largest absolute Gasteiger partial charge is 1.00 e. The van der Waals surface area contributed by atoms with Crippen LogP contribution in [0, 0.1) is 5.92 Å². The van der Waals surface area contributed by atoms with E-state index in [1.54, 1.807) is 24.3 Å². The minimum Gasteiger partial charge on any atom is -0.756 e. The topological polar surface area (TPSA) is 340 Å². The van der Waals surface area contributed by atoms with Crippen molar-refractivity contribution in [3.63, 3.8) is 0 Å². The Bertz CT molecular complexity index is 2650. The van der Waals surface area contributed by atoms with E-state index in [1.165, 1.54) is 128 Å². The van der Waals surface area contributed by atoms with Crippen molar-refractivity contribution in [3.05, 3.63) is 54.1 Å². The summed E-state index contributed by atoms with van der Waals surface area (Å²) in [6, 6.07) is 4.86. The van der Waals surface area contributed by atoms with Crippen LogP contribution < -0.4 is 101 Å². The van der Waals surface area contributed by atoms with E-state index in [-0.39, 0.29) is 167 Å². The second-order valence-corrected chi connectivity index (χ2v) is 35.5. The number of unbranched alkanes of at least 4 members (excludes halogenated alkanes) is 38. The number of carbonyl (C=O) groups is 6. The predicted octanol–water partition coefficient (Wildman–Crippen LogP) is 14.5. The third-order valence-corrected chi connectivity index (χ3v) is 23.2. The molecule has 0 aliphatic heterocycles. The Kier molecular flexibility index (Phi) is 87.3. The number of nitrogens with one attached hydrogen (secondary N) is 4. The van der Waals surface area contributed by atoms with Gasteiger partial charge in [-0.15, -0.1) is 0 Å². The fraction of sp³-hybridized carbons (Fsp3) is 0.830. The van der Waals surface area contributed by atoms with E-state index in [9.17, 15) is 47.7 Å². The third kappa shape index (κ3) is 77.4. The number of allylic oxidation sites excluding steroid dienone is 4. The molecular formula is C94H171N5Na2O19P2. The van der Waals surface area contributed by atoms with Gasteiger partial charge in [-0.2, -0.15) is 0 Å². The molecule has 0 saturated heterocycles. The van der Waals surface area contributed by atoms with Crippen LogP contribution >= 0.6 is 15.6 Å². The molecular weight excluding hydrogens is 1610 g/mol. The summed E-state index contributed by atoms with van der Waals surface area (Å²) in [6.07, 6.45) is 60.8. The van der Waals surface area contributed by atoms with Crippen LogP contribution in [0.5, 0.6) is 5.75 Å². The Labute approximate surface area is 784 Å². The van der Waals surface area contributed by atoms with Gasteiger partial charge in [0.2, 0.25) is 23.6 Å². The van der Waals surface area contributed by atoms with Crippen molar-refractivity contribution in [2.75, 3.05) is 79.1 Å². The molecule has 24 nitrogen and oxygen atoms in total. The molecule has 0 saturated carbocycles. The first kappa shape index (κ1) is 121. The zero-order valence-corrected chi connectivity index (χ0v) is 83.9. The number of nitrogens with two attached hydrogens (primary N) is 1. The second-order valence-electron chi connectivity index (χ2n) is 32.7. The Morgan fingerprint density at radius 3 is 1.04 bits per heavy atom. The molecule has 1 aromatic carbocycles. The number of rotatable bonds is 89.